The molecule has 2 saturated heterocycles. The summed E-state index contributed by atoms with van der Waals surface area (Å²) in [4.78, 5) is 17.5. The van der Waals surface area contributed by atoms with E-state index in [0.29, 0.717) is 26.3 Å². The molecule has 2 aromatic carbocycles. The molecule has 0 unspecified atom stereocenters. The summed E-state index contributed by atoms with van der Waals surface area (Å²) in [6.07, 6.45) is 0.869. The Kier molecular flexibility index (Phi) is 6.73. The lowest BCUT2D eigenvalue weighted by molar-refractivity contribution is -0.134. The van der Waals surface area contributed by atoms with E-state index in [4.69, 9.17) is 9.47 Å². The Morgan fingerprint density at radius 3 is 2.79 bits per heavy atom. The molecular formula is C27H31N3O4. The number of ether oxygens (including phenoxy) is 2. The highest BCUT2D eigenvalue weighted by Gasteiger charge is 2.45. The van der Waals surface area contributed by atoms with Gasteiger partial charge in [0.2, 0.25) is 5.91 Å². The minimum Gasteiger partial charge on any atom is -0.495 e. The number of para-hydroxylation sites is 1. The Bertz CT molecular complexity index is 1100. The predicted molar refractivity (Wildman–Crippen MR) is 130 cm³/mol. The van der Waals surface area contributed by atoms with Crippen molar-refractivity contribution in [1.29, 1.82) is 0 Å². The number of aliphatic hydroxyl groups excluding tert-OH is 1. The maximum atomic E-state index is 13.4. The normalized spacial score (nSPS) is 23.8. The van der Waals surface area contributed by atoms with Crippen LogP contribution in [-0.4, -0.2) is 80.0 Å². The summed E-state index contributed by atoms with van der Waals surface area (Å²) >= 11 is 0. The third-order valence-electron chi connectivity index (χ3n) is 7.10. The first-order valence-electron chi connectivity index (χ1n) is 11.9. The molecule has 0 aliphatic carbocycles. The summed E-state index contributed by atoms with van der Waals surface area (Å²) in [5.41, 5.74) is 3.77. The first-order chi connectivity index (χ1) is 16.7. The van der Waals surface area contributed by atoms with Gasteiger partial charge in [-0.05, 0) is 42.3 Å². The van der Waals surface area contributed by atoms with Crippen LogP contribution in [0.4, 0.5) is 5.69 Å². The fraction of sp³-hybridized carbons (Fsp3) is 0.444. The van der Waals surface area contributed by atoms with Gasteiger partial charge in [0, 0.05) is 36.8 Å². The van der Waals surface area contributed by atoms with Gasteiger partial charge in [-0.3, -0.25) is 9.69 Å². The molecular weight excluding hydrogens is 430 g/mol. The average molecular weight is 462 g/mol. The number of hydrogen-bond acceptors (Lipinski definition) is 6. The molecule has 34 heavy (non-hydrogen) atoms. The summed E-state index contributed by atoms with van der Waals surface area (Å²) in [6, 6.07) is 13.7. The molecule has 7 nitrogen and oxygen atoms in total. The molecule has 5 rings (SSSR count). The van der Waals surface area contributed by atoms with E-state index in [9.17, 15) is 9.90 Å². The molecule has 1 amide bonds. The maximum absolute atomic E-state index is 13.4. The number of methoxy groups -OCH3 is 1. The van der Waals surface area contributed by atoms with Gasteiger partial charge in [-0.15, -0.1) is 0 Å². The molecule has 0 saturated carbocycles. The van der Waals surface area contributed by atoms with Crippen LogP contribution in [0.5, 0.6) is 5.75 Å². The number of anilines is 1. The highest BCUT2D eigenvalue weighted by Crippen LogP contribution is 2.46. The molecule has 3 atom stereocenters. The molecule has 0 radical (unpaired) electrons. The van der Waals surface area contributed by atoms with Crippen LogP contribution in [0.1, 0.15) is 29.2 Å². The molecule has 3 heterocycles. The number of benzene rings is 2. The lowest BCUT2D eigenvalue weighted by atomic mass is 9.82. The molecule has 2 N–H and O–H groups in total. The molecule has 7 heteroatoms. The quantitative estimate of drug-likeness (QED) is 0.680. The summed E-state index contributed by atoms with van der Waals surface area (Å²) in [5.74, 6) is 7.55. The van der Waals surface area contributed by atoms with Gasteiger partial charge < -0.3 is 24.8 Å². The maximum Gasteiger partial charge on any atom is 0.237 e. The third kappa shape index (κ3) is 4.49. The lowest BCUT2D eigenvalue weighted by Gasteiger charge is -2.39. The van der Waals surface area contributed by atoms with Crippen LogP contribution in [0.25, 0.3) is 0 Å². The van der Waals surface area contributed by atoms with Crippen LogP contribution in [0.3, 0.4) is 0 Å². The molecule has 3 aliphatic heterocycles. The molecule has 2 aromatic rings. The fourth-order valence-corrected chi connectivity index (χ4v) is 5.35. The van der Waals surface area contributed by atoms with E-state index in [-0.39, 0.29) is 30.5 Å². The zero-order valence-electron chi connectivity index (χ0n) is 19.5. The number of hydrogen-bond donors (Lipinski definition) is 2. The van der Waals surface area contributed by atoms with Crippen LogP contribution < -0.4 is 10.1 Å². The van der Waals surface area contributed by atoms with Gasteiger partial charge in [-0.1, -0.05) is 24.0 Å². The van der Waals surface area contributed by atoms with E-state index in [1.54, 1.807) is 7.11 Å². The molecule has 0 aromatic heterocycles. The van der Waals surface area contributed by atoms with Crippen LogP contribution in [0, 0.1) is 17.8 Å². The zero-order valence-corrected chi connectivity index (χ0v) is 19.5. The Morgan fingerprint density at radius 2 is 2.00 bits per heavy atom. The monoisotopic (exact) mass is 461 g/mol. The number of fused-ring (bicyclic) bond motifs is 3. The predicted octanol–water partition coefficient (Wildman–Crippen LogP) is 2.10. The second-order valence-electron chi connectivity index (χ2n) is 9.06. The molecule has 3 aliphatic rings. The lowest BCUT2D eigenvalue weighted by Crippen LogP contribution is -2.47. The van der Waals surface area contributed by atoms with Crippen molar-refractivity contribution in [3.05, 3.63) is 59.2 Å². The van der Waals surface area contributed by atoms with Crippen molar-refractivity contribution in [2.75, 3.05) is 58.4 Å². The minimum absolute atomic E-state index is 0.0431. The van der Waals surface area contributed by atoms with Crippen LogP contribution >= 0.6 is 0 Å². The summed E-state index contributed by atoms with van der Waals surface area (Å²) < 4.78 is 10.8. The summed E-state index contributed by atoms with van der Waals surface area (Å²) in [6.45, 7) is 4.07. The Morgan fingerprint density at radius 1 is 1.18 bits per heavy atom. The van der Waals surface area contributed by atoms with Gasteiger partial charge >= 0.3 is 0 Å². The number of morpholine rings is 1. The molecule has 0 bridgehead atoms. The first-order valence-corrected chi connectivity index (χ1v) is 11.9. The Balaban J connectivity index is 1.44. The van der Waals surface area contributed by atoms with Crippen LogP contribution in [0.15, 0.2) is 42.5 Å². The van der Waals surface area contributed by atoms with E-state index >= 15 is 0 Å². The van der Waals surface area contributed by atoms with Gasteiger partial charge in [0.1, 0.15) is 5.75 Å². The third-order valence-corrected chi connectivity index (χ3v) is 7.10. The van der Waals surface area contributed by atoms with Crippen LogP contribution in [-0.2, 0) is 9.53 Å². The van der Waals surface area contributed by atoms with Crippen molar-refractivity contribution in [3.63, 3.8) is 0 Å². The van der Waals surface area contributed by atoms with Gasteiger partial charge in [0.15, 0.2) is 0 Å². The van der Waals surface area contributed by atoms with E-state index in [1.807, 2.05) is 41.3 Å². The number of amides is 1. The van der Waals surface area contributed by atoms with E-state index in [2.05, 4.69) is 28.1 Å². The SMILES string of the molecule is COc1ccccc1C#Cc1ccc2c(c1)[C@@H]1[C@@H](CCN1C(=O)CN1CCOCC1)[C@@H](CO)N2. The second-order valence-corrected chi connectivity index (χ2v) is 9.06. The topological polar surface area (TPSA) is 74.3 Å². The van der Waals surface area contributed by atoms with Crippen molar-refractivity contribution in [2.45, 2.75) is 18.5 Å². The molecule has 0 spiro atoms. The summed E-state index contributed by atoms with van der Waals surface area (Å²) in [7, 11) is 1.64. The fourth-order valence-electron chi connectivity index (χ4n) is 5.35. The Labute approximate surface area is 200 Å². The minimum atomic E-state index is -0.0656. The van der Waals surface area contributed by atoms with Crippen molar-refractivity contribution >= 4 is 11.6 Å². The highest BCUT2D eigenvalue weighted by atomic mass is 16.5. The van der Waals surface area contributed by atoms with E-state index in [1.165, 1.54) is 0 Å². The number of aliphatic hydroxyl groups is 1. The number of likely N-dealkylation sites (tertiary alicyclic amines) is 1. The van der Waals surface area contributed by atoms with Crippen molar-refractivity contribution in [2.24, 2.45) is 5.92 Å². The standard InChI is InChI=1S/C27H31N3O4/c1-33-25-5-3-2-4-20(25)8-6-19-7-9-23-22(16-19)27-21(24(18-31)28-23)10-11-30(27)26(32)17-29-12-14-34-15-13-29/h2-5,7,9,16,21,24,27-28,31H,10-15,17-18H2,1H3/t21-,24+,27-/m0/s1. The van der Waals surface area contributed by atoms with Gasteiger partial charge in [-0.25, -0.2) is 0 Å². The van der Waals surface area contributed by atoms with Gasteiger partial charge in [-0.2, -0.15) is 0 Å². The number of rotatable bonds is 4. The van der Waals surface area contributed by atoms with Crippen LogP contribution in [0.2, 0.25) is 0 Å². The van der Waals surface area contributed by atoms with E-state index < -0.39 is 0 Å². The van der Waals surface area contributed by atoms with Crippen molar-refractivity contribution in [3.8, 4) is 17.6 Å². The van der Waals surface area contributed by atoms with Gasteiger partial charge in [0.05, 0.1) is 51.1 Å². The Hall–Kier alpha value is -3.05. The smallest absolute Gasteiger partial charge is 0.237 e. The van der Waals surface area contributed by atoms with Gasteiger partial charge in [0.25, 0.3) is 0 Å². The number of nitrogens with one attached hydrogen (secondary N) is 1. The van der Waals surface area contributed by atoms with Crippen molar-refractivity contribution in [1.82, 2.24) is 9.80 Å². The number of nitrogens with zero attached hydrogens (tertiary/aromatic N) is 2. The molecule has 178 valence electrons. The molecule has 2 fully saturated rings. The second kappa shape index (κ2) is 10.1. The first kappa shape index (κ1) is 22.7. The zero-order chi connectivity index (χ0) is 23.5. The summed E-state index contributed by atoms with van der Waals surface area (Å²) in [5, 5.41) is 13.5. The number of carbonyl (C=O) groups excluding carboxylic acids is 1. The van der Waals surface area contributed by atoms with Crippen molar-refractivity contribution < 1.29 is 19.4 Å². The van der Waals surface area contributed by atoms with E-state index in [0.717, 1.165) is 47.6 Å². The largest absolute Gasteiger partial charge is 0.495 e. The number of carbonyl (C=O) groups is 1. The average Bonchev–Trinajstić information content (AvgIpc) is 3.33. The highest BCUT2D eigenvalue weighted by molar-refractivity contribution is 5.80.